The molecule has 2 N–H and O–H groups in total. The maximum Gasteiger partial charge on any atom is 0.271 e. The third-order valence-corrected chi connectivity index (χ3v) is 7.09. The van der Waals surface area contributed by atoms with E-state index in [2.05, 4.69) is 27.5 Å². The molecule has 3 saturated carbocycles. The lowest BCUT2D eigenvalue weighted by Crippen LogP contribution is -2.67. The molecule has 7 nitrogen and oxygen atoms in total. The first-order valence-electron chi connectivity index (χ1n) is 10.7. The van der Waals surface area contributed by atoms with Crippen molar-refractivity contribution in [3.05, 3.63) is 52.8 Å². The van der Waals surface area contributed by atoms with Gasteiger partial charge in [-0.25, -0.2) is 9.37 Å². The molecule has 32 heavy (non-hydrogen) atoms. The van der Waals surface area contributed by atoms with E-state index in [0.717, 1.165) is 43.9 Å². The van der Waals surface area contributed by atoms with E-state index in [9.17, 15) is 14.0 Å². The van der Waals surface area contributed by atoms with Crippen molar-refractivity contribution in [2.45, 2.75) is 57.0 Å². The van der Waals surface area contributed by atoms with Gasteiger partial charge >= 0.3 is 0 Å². The number of amides is 2. The van der Waals surface area contributed by atoms with Crippen molar-refractivity contribution >= 4 is 23.4 Å². The molecule has 0 aliphatic heterocycles. The Bertz CT molecular complexity index is 1020. The van der Waals surface area contributed by atoms with Gasteiger partial charge in [0, 0.05) is 23.3 Å². The minimum absolute atomic E-state index is 0.00378. The van der Waals surface area contributed by atoms with Crippen LogP contribution in [0.1, 0.15) is 55.2 Å². The van der Waals surface area contributed by atoms with Crippen LogP contribution in [0.5, 0.6) is 5.75 Å². The quantitative estimate of drug-likeness (QED) is 0.687. The van der Waals surface area contributed by atoms with E-state index in [0.29, 0.717) is 5.69 Å². The molecule has 9 heteroatoms. The predicted octanol–water partition coefficient (Wildman–Crippen LogP) is 3.59. The highest BCUT2D eigenvalue weighted by atomic mass is 35.5. The second-order valence-corrected chi connectivity index (χ2v) is 9.36. The first kappa shape index (κ1) is 22.5. The van der Waals surface area contributed by atoms with Crippen molar-refractivity contribution in [1.29, 1.82) is 0 Å². The van der Waals surface area contributed by atoms with Crippen LogP contribution < -0.4 is 15.4 Å². The molecule has 2 aromatic rings. The van der Waals surface area contributed by atoms with Gasteiger partial charge in [-0.15, -0.1) is 0 Å². The number of carbonyl (C=O) groups is 2. The average Bonchev–Trinajstić information content (AvgIpc) is 2.76. The number of nitrogens with zero attached hydrogens (tertiary/aromatic N) is 2. The maximum atomic E-state index is 13.5. The van der Waals surface area contributed by atoms with Gasteiger partial charge in [-0.3, -0.25) is 14.6 Å². The molecule has 5 rings (SSSR count). The van der Waals surface area contributed by atoms with Crippen LogP contribution in [0.25, 0.3) is 0 Å². The number of aromatic nitrogens is 2. The van der Waals surface area contributed by atoms with Gasteiger partial charge in [0.1, 0.15) is 17.3 Å². The summed E-state index contributed by atoms with van der Waals surface area (Å²) >= 11 is 5.67. The summed E-state index contributed by atoms with van der Waals surface area (Å²) in [6, 6.07) is 4.07. The van der Waals surface area contributed by atoms with Crippen LogP contribution in [0.15, 0.2) is 30.6 Å². The largest absolute Gasteiger partial charge is 0.484 e. The minimum atomic E-state index is -0.591. The molecule has 3 aliphatic rings. The molecular weight excluding hydrogens is 435 g/mol. The Morgan fingerprint density at radius 2 is 1.94 bits per heavy atom. The minimum Gasteiger partial charge on any atom is -0.484 e. The van der Waals surface area contributed by atoms with Gasteiger partial charge in [-0.05, 0) is 57.1 Å². The second-order valence-electron chi connectivity index (χ2n) is 8.95. The molecule has 1 aromatic heterocycles. The number of ether oxygens (including phenoxy) is 1. The van der Waals surface area contributed by atoms with Crippen LogP contribution in [0.2, 0.25) is 5.02 Å². The van der Waals surface area contributed by atoms with Crippen LogP contribution in [0.4, 0.5) is 4.39 Å². The molecule has 1 heterocycles. The number of hydrogen-bond donors (Lipinski definition) is 2. The Balaban J connectivity index is 1.34. The van der Waals surface area contributed by atoms with Crippen molar-refractivity contribution in [2.75, 3.05) is 6.61 Å². The summed E-state index contributed by atoms with van der Waals surface area (Å²) < 4.78 is 19.0. The van der Waals surface area contributed by atoms with Gasteiger partial charge in [0.2, 0.25) is 0 Å². The fourth-order valence-electron chi connectivity index (χ4n) is 4.92. The van der Waals surface area contributed by atoms with Gasteiger partial charge in [-0.1, -0.05) is 18.5 Å². The van der Waals surface area contributed by atoms with Crippen molar-refractivity contribution in [1.82, 2.24) is 20.6 Å². The van der Waals surface area contributed by atoms with Crippen LogP contribution in [0.3, 0.4) is 0 Å². The Labute approximate surface area is 191 Å². The zero-order chi connectivity index (χ0) is 22.9. The number of carbonyl (C=O) groups excluding carboxylic acids is 2. The molecular formula is C23H26ClFN4O3. The normalized spacial score (nSPS) is 26.4. The predicted molar refractivity (Wildman–Crippen MR) is 117 cm³/mol. The van der Waals surface area contributed by atoms with Crippen LogP contribution in [-0.4, -0.2) is 39.5 Å². The smallest absolute Gasteiger partial charge is 0.271 e. The Morgan fingerprint density at radius 1 is 1.19 bits per heavy atom. The zero-order valence-electron chi connectivity index (χ0n) is 18.1. The van der Waals surface area contributed by atoms with E-state index in [1.807, 2.05) is 6.92 Å². The molecule has 1 aromatic carbocycles. The molecule has 1 unspecified atom stereocenters. The highest BCUT2D eigenvalue weighted by Crippen LogP contribution is 2.50. The molecule has 3 aliphatic carbocycles. The fourth-order valence-corrected chi connectivity index (χ4v) is 5.04. The summed E-state index contributed by atoms with van der Waals surface area (Å²) in [4.78, 5) is 33.6. The van der Waals surface area contributed by atoms with Gasteiger partial charge in [0.25, 0.3) is 11.8 Å². The third-order valence-electron chi connectivity index (χ3n) is 6.78. The lowest BCUT2D eigenvalue weighted by atomic mass is 9.56. The summed E-state index contributed by atoms with van der Waals surface area (Å²) in [5.74, 6) is -0.626. The number of halogens is 2. The number of aryl methyl sites for hydroxylation is 1. The maximum absolute atomic E-state index is 13.5. The molecule has 1 atom stereocenters. The molecule has 2 bridgehead atoms. The van der Waals surface area contributed by atoms with Gasteiger partial charge in [0.05, 0.1) is 16.9 Å². The molecule has 0 spiro atoms. The highest BCUT2D eigenvalue weighted by Gasteiger charge is 2.54. The van der Waals surface area contributed by atoms with E-state index in [-0.39, 0.29) is 46.2 Å². The monoisotopic (exact) mass is 460 g/mol. The van der Waals surface area contributed by atoms with Crippen molar-refractivity contribution in [2.24, 2.45) is 5.92 Å². The molecule has 0 radical (unpaired) electrons. The molecule has 2 amide bonds. The lowest BCUT2D eigenvalue weighted by Gasteiger charge is -2.57. The van der Waals surface area contributed by atoms with E-state index in [1.165, 1.54) is 18.3 Å². The summed E-state index contributed by atoms with van der Waals surface area (Å²) in [6.45, 7) is 3.73. The average molecular weight is 461 g/mol. The Hall–Kier alpha value is -2.74. The van der Waals surface area contributed by atoms with Gasteiger partial charge < -0.3 is 15.4 Å². The number of rotatable bonds is 6. The number of fused-ring (bicyclic) bond motifs is 3. The Kier molecular flexibility index (Phi) is 6.07. The molecule has 0 saturated heterocycles. The lowest BCUT2D eigenvalue weighted by molar-refractivity contribution is -0.127. The fraction of sp³-hybridized carbons (Fsp3) is 0.478. The molecule has 3 fully saturated rings. The second kappa shape index (κ2) is 8.65. The number of benzene rings is 1. The van der Waals surface area contributed by atoms with Crippen molar-refractivity contribution < 1.29 is 18.7 Å². The summed E-state index contributed by atoms with van der Waals surface area (Å²) in [6.07, 6.45) is 6.89. The molecule has 170 valence electrons. The SMILES string of the molecule is Cc1cnc(C(=O)NC23CCC(NC(=O)COc4ccc(Cl)c(F)c4)(CC2)CC3C)cn1. The van der Waals surface area contributed by atoms with E-state index < -0.39 is 5.82 Å². The standard InChI is InChI=1S/C23H26ClFN4O3/c1-14-10-22(28-20(30)13-32-16-3-4-17(24)18(25)9-16)5-7-23(14,8-6-22)29-21(31)19-12-26-15(2)11-27-19/h3-4,9,11-12,14H,5-8,10,13H2,1-2H3,(H,28,30)(H,29,31). The first-order valence-corrected chi connectivity index (χ1v) is 11.1. The van der Waals surface area contributed by atoms with E-state index >= 15 is 0 Å². The van der Waals surface area contributed by atoms with E-state index in [4.69, 9.17) is 16.3 Å². The Morgan fingerprint density at radius 3 is 2.56 bits per heavy atom. The van der Waals surface area contributed by atoms with Crippen LogP contribution >= 0.6 is 11.6 Å². The topological polar surface area (TPSA) is 93.2 Å². The van der Waals surface area contributed by atoms with Crippen LogP contribution in [-0.2, 0) is 4.79 Å². The zero-order valence-corrected chi connectivity index (χ0v) is 18.8. The number of nitrogens with one attached hydrogen (secondary N) is 2. The van der Waals surface area contributed by atoms with Gasteiger partial charge in [-0.2, -0.15) is 0 Å². The summed E-state index contributed by atoms with van der Waals surface area (Å²) in [5, 5.41) is 6.35. The van der Waals surface area contributed by atoms with Crippen molar-refractivity contribution in [3.63, 3.8) is 0 Å². The highest BCUT2D eigenvalue weighted by molar-refractivity contribution is 6.30. The summed E-state index contributed by atoms with van der Waals surface area (Å²) in [7, 11) is 0. The van der Waals surface area contributed by atoms with E-state index in [1.54, 1.807) is 6.20 Å². The van der Waals surface area contributed by atoms with Gasteiger partial charge in [0.15, 0.2) is 6.61 Å². The summed E-state index contributed by atoms with van der Waals surface area (Å²) in [5.41, 5.74) is 0.437. The van der Waals surface area contributed by atoms with Crippen LogP contribution in [0, 0.1) is 18.7 Å². The number of hydrogen-bond acceptors (Lipinski definition) is 5. The van der Waals surface area contributed by atoms with Crippen molar-refractivity contribution in [3.8, 4) is 5.75 Å². The third kappa shape index (κ3) is 4.55. The first-order chi connectivity index (χ1) is 15.2.